The van der Waals surface area contributed by atoms with Crippen molar-refractivity contribution in [1.82, 2.24) is 0 Å². The van der Waals surface area contributed by atoms with E-state index in [0.717, 1.165) is 5.56 Å². The minimum atomic E-state index is -1.74. The third-order valence-corrected chi connectivity index (χ3v) is 5.77. The highest BCUT2D eigenvalue weighted by atomic mass is 16.7. The first-order valence-electron chi connectivity index (χ1n) is 10.6. The molecular formula is C22H30O11. The van der Waals surface area contributed by atoms with Crippen molar-refractivity contribution in [3.05, 3.63) is 42.0 Å². The van der Waals surface area contributed by atoms with Gasteiger partial charge in [0.2, 0.25) is 0 Å². The van der Waals surface area contributed by atoms with Crippen LogP contribution < -0.4 is 0 Å². The van der Waals surface area contributed by atoms with Crippen molar-refractivity contribution >= 4 is 11.9 Å². The summed E-state index contributed by atoms with van der Waals surface area (Å²) in [5.74, 6) is -0.375. The lowest BCUT2D eigenvalue weighted by atomic mass is 9.92. The zero-order valence-electron chi connectivity index (χ0n) is 17.7. The van der Waals surface area contributed by atoms with Crippen LogP contribution in [0.15, 0.2) is 36.4 Å². The zero-order valence-corrected chi connectivity index (χ0v) is 17.7. The minimum Gasteiger partial charge on any atom is -0.394 e. The molecule has 0 radical (unpaired) electrons. The first kappa shape index (κ1) is 25.8. The lowest BCUT2D eigenvalue weighted by Gasteiger charge is -2.46. The highest BCUT2D eigenvalue weighted by molar-refractivity contribution is 5.93. The third-order valence-electron chi connectivity index (χ3n) is 5.77. The van der Waals surface area contributed by atoms with Gasteiger partial charge in [0.1, 0.15) is 48.8 Å². The maximum atomic E-state index is 12.3. The second-order valence-corrected chi connectivity index (χ2v) is 8.09. The van der Waals surface area contributed by atoms with Crippen molar-refractivity contribution in [3.8, 4) is 0 Å². The van der Waals surface area contributed by atoms with Gasteiger partial charge in [-0.1, -0.05) is 36.4 Å². The average Bonchev–Trinajstić information content (AvgIpc) is 2.83. The number of carbonyl (C=O) groups is 1. The van der Waals surface area contributed by atoms with E-state index in [1.807, 2.05) is 30.3 Å². The van der Waals surface area contributed by atoms with Gasteiger partial charge in [0.15, 0.2) is 12.1 Å². The van der Waals surface area contributed by atoms with E-state index in [2.05, 4.69) is 0 Å². The first-order valence-corrected chi connectivity index (χ1v) is 10.6. The van der Waals surface area contributed by atoms with Crippen LogP contribution in [0.5, 0.6) is 0 Å². The predicted molar refractivity (Wildman–Crippen MR) is 112 cm³/mol. The summed E-state index contributed by atoms with van der Waals surface area (Å²) in [4.78, 5) is 12.3. The molecule has 10 atom stereocenters. The Kier molecular flexibility index (Phi) is 9.07. The monoisotopic (exact) mass is 470 g/mol. The van der Waals surface area contributed by atoms with E-state index in [4.69, 9.17) is 14.2 Å². The summed E-state index contributed by atoms with van der Waals surface area (Å²) in [5.41, 5.74) is 0.803. The Bertz CT molecular complexity index is 784. The normalized spacial score (nSPS) is 39.6. The number of ketones is 1. The molecule has 0 unspecified atom stereocenters. The van der Waals surface area contributed by atoms with Crippen molar-refractivity contribution in [3.63, 3.8) is 0 Å². The molecule has 2 aliphatic rings. The van der Waals surface area contributed by atoms with E-state index in [9.17, 15) is 40.5 Å². The molecule has 3 rings (SSSR count). The molecule has 1 aromatic rings. The van der Waals surface area contributed by atoms with Crippen molar-refractivity contribution in [2.45, 2.75) is 67.6 Å². The second kappa shape index (κ2) is 11.6. The van der Waals surface area contributed by atoms with Crippen LogP contribution in [0, 0.1) is 0 Å². The summed E-state index contributed by atoms with van der Waals surface area (Å²) in [5, 5.41) is 70.0. The lowest BCUT2D eigenvalue weighted by Crippen LogP contribution is -2.64. The van der Waals surface area contributed by atoms with Gasteiger partial charge in [-0.2, -0.15) is 0 Å². The van der Waals surface area contributed by atoms with Gasteiger partial charge in [-0.05, 0) is 11.6 Å². The molecule has 7 N–H and O–H groups in total. The predicted octanol–water partition coefficient (Wildman–Crippen LogP) is -2.67. The van der Waals surface area contributed by atoms with Crippen LogP contribution in [0.2, 0.25) is 0 Å². The smallest absolute Gasteiger partial charge is 0.187 e. The van der Waals surface area contributed by atoms with Gasteiger partial charge < -0.3 is 50.0 Å². The Morgan fingerprint density at radius 2 is 1.45 bits per heavy atom. The van der Waals surface area contributed by atoms with Crippen LogP contribution >= 0.6 is 0 Å². The molecule has 0 bridgehead atoms. The Morgan fingerprint density at radius 1 is 0.818 bits per heavy atom. The number of benzene rings is 1. The number of hydrogen-bond acceptors (Lipinski definition) is 11. The number of rotatable bonds is 8. The maximum Gasteiger partial charge on any atom is 0.187 e. The van der Waals surface area contributed by atoms with Crippen LogP contribution in [-0.2, 0) is 19.0 Å². The summed E-state index contributed by atoms with van der Waals surface area (Å²) in [7, 11) is 0. The molecule has 1 aromatic carbocycles. The molecule has 11 nitrogen and oxygen atoms in total. The Balaban J connectivity index is 1.65. The Morgan fingerprint density at radius 3 is 2.09 bits per heavy atom. The second-order valence-electron chi connectivity index (χ2n) is 8.09. The van der Waals surface area contributed by atoms with Crippen molar-refractivity contribution in [1.29, 1.82) is 0 Å². The van der Waals surface area contributed by atoms with Gasteiger partial charge in [-0.25, -0.2) is 0 Å². The molecular weight excluding hydrogens is 440 g/mol. The van der Waals surface area contributed by atoms with Crippen LogP contribution in [0.4, 0.5) is 0 Å². The lowest BCUT2D eigenvalue weighted by molar-refractivity contribution is -0.341. The highest BCUT2D eigenvalue weighted by Crippen LogP contribution is 2.30. The molecule has 2 aliphatic heterocycles. The summed E-state index contributed by atoms with van der Waals surface area (Å²) >= 11 is 0. The van der Waals surface area contributed by atoms with E-state index >= 15 is 0 Å². The molecule has 2 saturated heterocycles. The minimum absolute atomic E-state index is 0.273. The summed E-state index contributed by atoms with van der Waals surface area (Å²) < 4.78 is 16.3. The molecule has 33 heavy (non-hydrogen) atoms. The van der Waals surface area contributed by atoms with E-state index < -0.39 is 74.4 Å². The number of aliphatic hydroxyl groups excluding tert-OH is 7. The Hall–Kier alpha value is -1.77. The number of aliphatic hydroxyl groups is 7. The quantitative estimate of drug-likeness (QED) is 0.196. The SMILES string of the molecule is O=C(/C=C/c1ccccc1)C[C@@H]1O[C@H](CO)[C@@H](O[C@@H]2O[C@H](CO)[C@@H](O)[C@H](O)[C@H]2O)[C@H](O)[C@H]1O. The molecule has 184 valence electrons. The fraction of sp³-hybridized carbons (Fsp3) is 0.591. The molecule has 2 fully saturated rings. The van der Waals surface area contributed by atoms with Crippen LogP contribution in [0.1, 0.15) is 12.0 Å². The summed E-state index contributed by atoms with van der Waals surface area (Å²) in [6.07, 6.45) is -12.2. The molecule has 0 amide bonds. The fourth-order valence-corrected chi connectivity index (χ4v) is 3.85. The standard InChI is InChI=1S/C22H30O11/c23-9-14-17(27)18(28)20(30)22(32-14)33-21-15(10-24)31-13(16(26)19(21)29)8-12(25)7-6-11-4-2-1-3-5-11/h1-7,13-24,26-30H,8-10H2/b7-6+/t13-,14+,15+,16-,17+,18-,19+,20+,21+,22-/m0/s1. The fourth-order valence-electron chi connectivity index (χ4n) is 3.85. The summed E-state index contributed by atoms with van der Waals surface area (Å²) in [6, 6.07) is 9.08. The average molecular weight is 470 g/mol. The third kappa shape index (κ3) is 6.03. The number of ether oxygens (including phenoxy) is 3. The summed E-state index contributed by atoms with van der Waals surface area (Å²) in [6.45, 7) is -1.34. The van der Waals surface area contributed by atoms with Crippen molar-refractivity contribution in [2.24, 2.45) is 0 Å². The van der Waals surface area contributed by atoms with Gasteiger partial charge in [0.25, 0.3) is 0 Å². The van der Waals surface area contributed by atoms with Gasteiger partial charge in [-0.3, -0.25) is 4.79 Å². The topological polar surface area (TPSA) is 186 Å². The molecule has 0 aromatic heterocycles. The molecule has 0 spiro atoms. The van der Waals surface area contributed by atoms with Crippen LogP contribution in [0.25, 0.3) is 6.08 Å². The van der Waals surface area contributed by atoms with Gasteiger partial charge >= 0.3 is 0 Å². The number of hydrogen-bond donors (Lipinski definition) is 7. The molecule has 0 saturated carbocycles. The van der Waals surface area contributed by atoms with Crippen LogP contribution in [0.3, 0.4) is 0 Å². The first-order chi connectivity index (χ1) is 15.8. The van der Waals surface area contributed by atoms with Gasteiger partial charge in [0.05, 0.1) is 19.3 Å². The highest BCUT2D eigenvalue weighted by Gasteiger charge is 2.50. The van der Waals surface area contributed by atoms with Crippen LogP contribution in [-0.4, -0.2) is 116 Å². The van der Waals surface area contributed by atoms with Gasteiger partial charge in [-0.15, -0.1) is 0 Å². The molecule has 0 aliphatic carbocycles. The largest absolute Gasteiger partial charge is 0.394 e. The molecule has 2 heterocycles. The van der Waals surface area contributed by atoms with E-state index in [-0.39, 0.29) is 12.2 Å². The number of carbonyl (C=O) groups excluding carboxylic acids is 1. The Labute approximate surface area is 190 Å². The van der Waals surface area contributed by atoms with E-state index in [1.165, 1.54) is 6.08 Å². The van der Waals surface area contributed by atoms with Crippen molar-refractivity contribution < 1.29 is 54.8 Å². The number of allylic oxidation sites excluding steroid dienone is 1. The maximum absolute atomic E-state index is 12.3. The molecule has 11 heteroatoms. The van der Waals surface area contributed by atoms with E-state index in [1.54, 1.807) is 6.08 Å². The van der Waals surface area contributed by atoms with E-state index in [0.29, 0.717) is 0 Å². The van der Waals surface area contributed by atoms with Gasteiger partial charge in [0, 0.05) is 6.42 Å². The zero-order chi connectivity index (χ0) is 24.1. The van der Waals surface area contributed by atoms with Crippen molar-refractivity contribution in [2.75, 3.05) is 13.2 Å².